The SMILES string of the molecule is Cc1cnc(-c2ccncc2)n1C1CCN(C2CCCC2)C1. The van der Waals surface area contributed by atoms with Gasteiger partial charge in [-0.05, 0) is 38.3 Å². The monoisotopic (exact) mass is 296 g/mol. The summed E-state index contributed by atoms with van der Waals surface area (Å²) in [4.78, 5) is 11.5. The molecule has 1 aliphatic carbocycles. The van der Waals surface area contributed by atoms with E-state index in [9.17, 15) is 0 Å². The van der Waals surface area contributed by atoms with Gasteiger partial charge in [0.15, 0.2) is 0 Å². The molecular formula is C18H24N4. The number of aromatic nitrogens is 3. The summed E-state index contributed by atoms with van der Waals surface area (Å²) in [6.45, 7) is 4.60. The molecule has 1 unspecified atom stereocenters. The third-order valence-electron chi connectivity index (χ3n) is 5.32. The number of hydrogen-bond acceptors (Lipinski definition) is 3. The molecule has 0 N–H and O–H groups in total. The topological polar surface area (TPSA) is 34.0 Å². The zero-order valence-electron chi connectivity index (χ0n) is 13.3. The Morgan fingerprint density at radius 2 is 1.82 bits per heavy atom. The van der Waals surface area contributed by atoms with E-state index in [2.05, 4.69) is 38.5 Å². The predicted octanol–water partition coefficient (Wildman–Crippen LogP) is 3.44. The summed E-state index contributed by atoms with van der Waals surface area (Å²) in [5, 5.41) is 0. The lowest BCUT2D eigenvalue weighted by atomic mass is 10.2. The zero-order chi connectivity index (χ0) is 14.9. The van der Waals surface area contributed by atoms with Crippen LogP contribution in [0.25, 0.3) is 11.4 Å². The molecular weight excluding hydrogens is 272 g/mol. The minimum Gasteiger partial charge on any atom is -0.324 e. The Morgan fingerprint density at radius 3 is 2.59 bits per heavy atom. The van der Waals surface area contributed by atoms with Crippen LogP contribution in [0.15, 0.2) is 30.7 Å². The van der Waals surface area contributed by atoms with Crippen LogP contribution in [0.5, 0.6) is 0 Å². The standard InChI is InChI=1S/C18H24N4/c1-14-12-20-18(15-6-9-19-10-7-15)22(14)17-8-11-21(13-17)16-4-2-3-5-16/h6-7,9-10,12,16-17H,2-5,8,11,13H2,1H3. The van der Waals surface area contributed by atoms with Crippen molar-refractivity contribution in [2.75, 3.05) is 13.1 Å². The number of pyridine rings is 1. The fourth-order valence-corrected chi connectivity index (χ4v) is 4.20. The van der Waals surface area contributed by atoms with Crippen molar-refractivity contribution in [2.45, 2.75) is 51.1 Å². The van der Waals surface area contributed by atoms with Crippen molar-refractivity contribution in [1.82, 2.24) is 19.4 Å². The van der Waals surface area contributed by atoms with Gasteiger partial charge in [-0.1, -0.05) is 12.8 Å². The zero-order valence-corrected chi connectivity index (χ0v) is 13.3. The van der Waals surface area contributed by atoms with E-state index in [-0.39, 0.29) is 0 Å². The van der Waals surface area contributed by atoms with Crippen LogP contribution in [0.4, 0.5) is 0 Å². The first-order valence-electron chi connectivity index (χ1n) is 8.51. The Labute approximate surface area is 132 Å². The maximum absolute atomic E-state index is 4.67. The van der Waals surface area contributed by atoms with E-state index in [1.165, 1.54) is 56.5 Å². The molecule has 0 bridgehead atoms. The summed E-state index contributed by atoms with van der Waals surface area (Å²) < 4.78 is 2.45. The number of imidazole rings is 1. The lowest BCUT2D eigenvalue weighted by Crippen LogP contribution is -2.31. The largest absolute Gasteiger partial charge is 0.324 e. The van der Waals surface area contributed by atoms with Gasteiger partial charge >= 0.3 is 0 Å². The fraction of sp³-hybridized carbons (Fsp3) is 0.556. The summed E-state index contributed by atoms with van der Waals surface area (Å²) >= 11 is 0. The molecule has 22 heavy (non-hydrogen) atoms. The highest BCUT2D eigenvalue weighted by molar-refractivity contribution is 5.55. The van der Waals surface area contributed by atoms with E-state index in [0.29, 0.717) is 6.04 Å². The van der Waals surface area contributed by atoms with E-state index in [4.69, 9.17) is 0 Å². The van der Waals surface area contributed by atoms with E-state index < -0.39 is 0 Å². The molecule has 116 valence electrons. The van der Waals surface area contributed by atoms with Gasteiger partial charge in [-0.15, -0.1) is 0 Å². The van der Waals surface area contributed by atoms with Crippen LogP contribution < -0.4 is 0 Å². The molecule has 1 atom stereocenters. The van der Waals surface area contributed by atoms with Gasteiger partial charge in [0.05, 0.1) is 0 Å². The molecule has 2 aliphatic rings. The van der Waals surface area contributed by atoms with Gasteiger partial charge in [0.25, 0.3) is 0 Å². The van der Waals surface area contributed by atoms with Crippen LogP contribution in [-0.4, -0.2) is 38.6 Å². The fourth-order valence-electron chi connectivity index (χ4n) is 4.20. The Morgan fingerprint density at radius 1 is 1.05 bits per heavy atom. The molecule has 4 rings (SSSR count). The van der Waals surface area contributed by atoms with E-state index in [0.717, 1.165) is 11.9 Å². The second-order valence-corrected chi connectivity index (χ2v) is 6.70. The van der Waals surface area contributed by atoms with Crippen LogP contribution >= 0.6 is 0 Å². The number of nitrogens with zero attached hydrogens (tertiary/aromatic N) is 4. The minimum absolute atomic E-state index is 0.561. The smallest absolute Gasteiger partial charge is 0.140 e. The molecule has 0 amide bonds. The molecule has 2 aromatic heterocycles. The first-order chi connectivity index (χ1) is 10.8. The maximum atomic E-state index is 4.67. The van der Waals surface area contributed by atoms with Crippen molar-refractivity contribution in [1.29, 1.82) is 0 Å². The summed E-state index contributed by atoms with van der Waals surface area (Å²) in [6, 6.07) is 5.51. The van der Waals surface area contributed by atoms with Crippen LogP contribution in [0.2, 0.25) is 0 Å². The second kappa shape index (κ2) is 5.84. The molecule has 2 fully saturated rings. The van der Waals surface area contributed by atoms with Gasteiger partial charge in [0.2, 0.25) is 0 Å². The number of aryl methyl sites for hydroxylation is 1. The molecule has 0 radical (unpaired) electrons. The molecule has 1 saturated heterocycles. The Kier molecular flexibility index (Phi) is 3.70. The first kappa shape index (κ1) is 13.9. The van der Waals surface area contributed by atoms with Gasteiger partial charge in [-0.25, -0.2) is 4.98 Å². The van der Waals surface area contributed by atoms with Gasteiger partial charge in [-0.3, -0.25) is 9.88 Å². The van der Waals surface area contributed by atoms with Crippen molar-refractivity contribution in [3.63, 3.8) is 0 Å². The quantitative estimate of drug-likeness (QED) is 0.870. The number of rotatable bonds is 3. The molecule has 0 spiro atoms. The second-order valence-electron chi connectivity index (χ2n) is 6.70. The minimum atomic E-state index is 0.561. The van der Waals surface area contributed by atoms with Crippen LogP contribution in [0, 0.1) is 6.92 Å². The molecule has 3 heterocycles. The highest BCUT2D eigenvalue weighted by Gasteiger charge is 2.32. The number of likely N-dealkylation sites (tertiary alicyclic amines) is 1. The van der Waals surface area contributed by atoms with Crippen molar-refractivity contribution < 1.29 is 0 Å². The third kappa shape index (κ3) is 2.45. The van der Waals surface area contributed by atoms with Crippen molar-refractivity contribution >= 4 is 0 Å². The predicted molar refractivity (Wildman–Crippen MR) is 87.7 cm³/mol. The molecule has 2 aromatic rings. The van der Waals surface area contributed by atoms with E-state index in [1.54, 1.807) is 0 Å². The third-order valence-corrected chi connectivity index (χ3v) is 5.32. The van der Waals surface area contributed by atoms with Crippen molar-refractivity contribution in [3.8, 4) is 11.4 Å². The molecule has 1 aliphatic heterocycles. The summed E-state index contributed by atoms with van der Waals surface area (Å²) in [5.74, 6) is 1.10. The van der Waals surface area contributed by atoms with Crippen molar-refractivity contribution in [2.24, 2.45) is 0 Å². The number of hydrogen-bond donors (Lipinski definition) is 0. The lowest BCUT2D eigenvalue weighted by molar-refractivity contribution is 0.237. The summed E-state index contributed by atoms with van der Waals surface area (Å²) in [7, 11) is 0. The van der Waals surface area contributed by atoms with Crippen LogP contribution in [0.3, 0.4) is 0 Å². The van der Waals surface area contributed by atoms with Gasteiger partial charge in [0, 0.05) is 55.0 Å². The molecule has 1 saturated carbocycles. The van der Waals surface area contributed by atoms with Crippen LogP contribution in [-0.2, 0) is 0 Å². The van der Waals surface area contributed by atoms with E-state index in [1.807, 2.05) is 18.6 Å². The summed E-state index contributed by atoms with van der Waals surface area (Å²) in [6.07, 6.45) is 12.6. The maximum Gasteiger partial charge on any atom is 0.140 e. The summed E-state index contributed by atoms with van der Waals surface area (Å²) in [5.41, 5.74) is 2.44. The highest BCUT2D eigenvalue weighted by Crippen LogP contribution is 2.33. The molecule has 4 heteroatoms. The molecule has 0 aromatic carbocycles. The van der Waals surface area contributed by atoms with Crippen molar-refractivity contribution in [3.05, 3.63) is 36.4 Å². The average Bonchev–Trinajstić information content (AvgIpc) is 3.27. The van der Waals surface area contributed by atoms with Crippen LogP contribution in [0.1, 0.15) is 43.8 Å². The highest BCUT2D eigenvalue weighted by atomic mass is 15.2. The normalized spacial score (nSPS) is 23.4. The Bertz CT molecular complexity index is 628. The first-order valence-corrected chi connectivity index (χ1v) is 8.51. The average molecular weight is 296 g/mol. The van der Waals surface area contributed by atoms with Gasteiger partial charge in [-0.2, -0.15) is 0 Å². The van der Waals surface area contributed by atoms with Gasteiger partial charge in [0.1, 0.15) is 5.82 Å². The molecule has 4 nitrogen and oxygen atoms in total. The van der Waals surface area contributed by atoms with Gasteiger partial charge < -0.3 is 4.57 Å². The van der Waals surface area contributed by atoms with E-state index >= 15 is 0 Å². The Hall–Kier alpha value is -1.68. The Balaban J connectivity index is 1.59. The lowest BCUT2D eigenvalue weighted by Gasteiger charge is -2.24.